The third kappa shape index (κ3) is 5.01. The maximum atomic E-state index is 6.88. The lowest BCUT2D eigenvalue weighted by Crippen LogP contribution is -2.20. The van der Waals surface area contributed by atoms with Gasteiger partial charge in [-0.25, -0.2) is 0 Å². The Morgan fingerprint density at radius 3 is 2.25 bits per heavy atom. The molecule has 0 aromatic heterocycles. The molecule has 2 nitrogen and oxygen atoms in total. The van der Waals surface area contributed by atoms with Gasteiger partial charge in [-0.3, -0.25) is 0 Å². The zero-order valence-corrected chi connectivity index (χ0v) is 8.30. The van der Waals surface area contributed by atoms with Crippen LogP contribution in [0.4, 0.5) is 0 Å². The molecule has 0 heterocycles. The lowest BCUT2D eigenvalue weighted by molar-refractivity contribution is 0.191. The van der Waals surface area contributed by atoms with Gasteiger partial charge in [0.2, 0.25) is 0 Å². The summed E-state index contributed by atoms with van der Waals surface area (Å²) in [6, 6.07) is 0. The van der Waals surface area contributed by atoms with Crippen molar-refractivity contribution in [3.63, 3.8) is 0 Å². The molecule has 1 fully saturated rings. The first-order valence-electron chi connectivity index (χ1n) is 4.55. The van der Waals surface area contributed by atoms with Gasteiger partial charge in [0.1, 0.15) is 0 Å². The van der Waals surface area contributed by atoms with Crippen LogP contribution in [0.5, 0.6) is 0 Å². The molecular weight excluding hydrogens is 150 g/mol. The molecule has 1 rings (SSSR count). The maximum Gasteiger partial charge on any atom is 0.283 e. The molecule has 12 heavy (non-hydrogen) atoms. The summed E-state index contributed by atoms with van der Waals surface area (Å²) in [5.74, 6) is 0.980. The fourth-order valence-electron chi connectivity index (χ4n) is 2.08. The summed E-state index contributed by atoms with van der Waals surface area (Å²) in [5.41, 5.74) is 0.650. The van der Waals surface area contributed by atoms with Crippen LogP contribution in [0.25, 0.3) is 0 Å². The van der Waals surface area contributed by atoms with Gasteiger partial charge in [0, 0.05) is 0 Å². The lowest BCUT2D eigenvalue weighted by atomic mass is 9.73. The summed E-state index contributed by atoms with van der Waals surface area (Å²) in [5, 5.41) is 13.8. The highest BCUT2D eigenvalue weighted by molar-refractivity contribution is 4.76. The Balaban J connectivity index is 0.000000354. The number of hydrogen-bond donors (Lipinski definition) is 1. The molecule has 70 valence electrons. The second-order valence-electron chi connectivity index (χ2n) is 4.47. The molecule has 1 N–H and O–H groups in total. The van der Waals surface area contributed by atoms with E-state index in [2.05, 4.69) is 20.8 Å². The molecule has 0 aliphatic heterocycles. The number of rotatable bonds is 0. The summed E-state index contributed by atoms with van der Waals surface area (Å²) < 4.78 is 0. The molecule has 1 unspecified atom stereocenters. The topological polar surface area (TPSA) is 44.0 Å². The molecule has 0 spiro atoms. The van der Waals surface area contributed by atoms with E-state index < -0.39 is 0 Å². The number of nitriles is 1. The van der Waals surface area contributed by atoms with Crippen LogP contribution < -0.4 is 0 Å². The largest absolute Gasteiger partial charge is 0.443 e. The highest BCUT2D eigenvalue weighted by atomic mass is 16.2. The predicted molar refractivity (Wildman–Crippen MR) is 49.0 cm³/mol. The van der Waals surface area contributed by atoms with Gasteiger partial charge in [-0.05, 0) is 24.2 Å². The highest BCUT2D eigenvalue weighted by Crippen LogP contribution is 2.37. The third-order valence-electron chi connectivity index (χ3n) is 2.45. The Morgan fingerprint density at radius 1 is 1.50 bits per heavy atom. The van der Waals surface area contributed by atoms with Crippen LogP contribution in [0.15, 0.2) is 0 Å². The van der Waals surface area contributed by atoms with Gasteiger partial charge in [0.05, 0.1) is 0 Å². The fraction of sp³-hybridized carbons (Fsp3) is 0.900. The predicted octanol–water partition coefficient (Wildman–Crippen LogP) is 3.06. The van der Waals surface area contributed by atoms with E-state index in [1.807, 2.05) is 0 Å². The minimum atomic E-state index is 0.650. The molecule has 1 aliphatic rings. The van der Waals surface area contributed by atoms with E-state index in [4.69, 9.17) is 10.4 Å². The molecule has 1 aliphatic carbocycles. The van der Waals surface area contributed by atoms with Crippen molar-refractivity contribution in [2.24, 2.45) is 11.3 Å². The van der Waals surface area contributed by atoms with Gasteiger partial charge < -0.3 is 5.11 Å². The molecule has 0 amide bonds. The van der Waals surface area contributed by atoms with Crippen molar-refractivity contribution in [1.29, 1.82) is 5.26 Å². The summed E-state index contributed by atoms with van der Waals surface area (Å²) >= 11 is 0. The second kappa shape index (κ2) is 5.03. The number of aliphatic hydroxyl groups is 1. The van der Waals surface area contributed by atoms with Crippen LogP contribution >= 0.6 is 0 Å². The van der Waals surface area contributed by atoms with E-state index in [0.717, 1.165) is 12.2 Å². The van der Waals surface area contributed by atoms with E-state index in [-0.39, 0.29) is 0 Å². The molecular formula is C10H19NO. The van der Waals surface area contributed by atoms with E-state index in [1.54, 1.807) is 0 Å². The smallest absolute Gasteiger partial charge is 0.283 e. The minimum absolute atomic E-state index is 0.650. The molecule has 0 radical (unpaired) electrons. The van der Waals surface area contributed by atoms with Crippen LogP contribution in [0.3, 0.4) is 0 Å². The molecule has 0 aromatic carbocycles. The van der Waals surface area contributed by atoms with E-state index in [0.29, 0.717) is 5.41 Å². The van der Waals surface area contributed by atoms with Crippen molar-refractivity contribution in [1.82, 2.24) is 0 Å². The maximum absolute atomic E-state index is 6.88. The van der Waals surface area contributed by atoms with Gasteiger partial charge in [0.25, 0.3) is 6.26 Å². The standard InChI is InChI=1S/C9H18.CHNO/c1-8-5-4-6-9(2,3)7-8;2-1-3/h8H,4-7H2,1-3H3;3H. The van der Waals surface area contributed by atoms with E-state index in [1.165, 1.54) is 25.7 Å². The first-order valence-corrected chi connectivity index (χ1v) is 4.55. The Kier molecular flexibility index (Phi) is 4.73. The normalized spacial score (nSPS) is 26.3. The van der Waals surface area contributed by atoms with Crippen LogP contribution in [-0.4, -0.2) is 5.11 Å². The van der Waals surface area contributed by atoms with E-state index in [9.17, 15) is 0 Å². The van der Waals surface area contributed by atoms with Gasteiger partial charge in [-0.1, -0.05) is 33.6 Å². The van der Waals surface area contributed by atoms with Gasteiger partial charge in [-0.2, -0.15) is 5.26 Å². The minimum Gasteiger partial charge on any atom is -0.443 e. The first-order chi connectivity index (χ1) is 5.52. The average Bonchev–Trinajstić information content (AvgIpc) is 1.85. The van der Waals surface area contributed by atoms with Gasteiger partial charge in [-0.15, -0.1) is 0 Å². The van der Waals surface area contributed by atoms with Crippen molar-refractivity contribution >= 4 is 0 Å². The zero-order valence-electron chi connectivity index (χ0n) is 8.30. The van der Waals surface area contributed by atoms with Gasteiger partial charge in [0.15, 0.2) is 0 Å². The quantitative estimate of drug-likeness (QED) is 0.566. The van der Waals surface area contributed by atoms with Crippen molar-refractivity contribution in [2.75, 3.05) is 0 Å². The molecule has 0 saturated heterocycles. The third-order valence-corrected chi connectivity index (χ3v) is 2.45. The number of nitrogens with zero attached hydrogens (tertiary/aromatic N) is 1. The average molecular weight is 169 g/mol. The number of hydrogen-bond acceptors (Lipinski definition) is 2. The zero-order chi connectivity index (χ0) is 9.61. The Hall–Kier alpha value is -0.710. The van der Waals surface area contributed by atoms with Gasteiger partial charge >= 0.3 is 0 Å². The van der Waals surface area contributed by atoms with Crippen molar-refractivity contribution < 1.29 is 5.11 Å². The van der Waals surface area contributed by atoms with Crippen LogP contribution in [0.1, 0.15) is 46.5 Å². The monoisotopic (exact) mass is 169 g/mol. The summed E-state index contributed by atoms with van der Waals surface area (Å²) in [6.45, 7) is 7.16. The molecule has 1 saturated carbocycles. The van der Waals surface area contributed by atoms with Crippen LogP contribution in [-0.2, 0) is 0 Å². The molecule has 0 bridgehead atoms. The van der Waals surface area contributed by atoms with Crippen molar-refractivity contribution in [3.8, 4) is 6.26 Å². The summed E-state index contributed by atoms with van der Waals surface area (Å²) in [6.07, 6.45) is 6.54. The SMILES string of the molecule is CC1CCCC(C)(C)C1.N#CO. The molecule has 2 heteroatoms. The van der Waals surface area contributed by atoms with Crippen molar-refractivity contribution in [3.05, 3.63) is 0 Å². The van der Waals surface area contributed by atoms with E-state index >= 15 is 0 Å². The van der Waals surface area contributed by atoms with Crippen molar-refractivity contribution in [2.45, 2.75) is 46.5 Å². The summed E-state index contributed by atoms with van der Waals surface area (Å²) in [4.78, 5) is 0. The highest BCUT2D eigenvalue weighted by Gasteiger charge is 2.24. The Morgan fingerprint density at radius 2 is 2.00 bits per heavy atom. The number of aliphatic hydroxyl groups excluding tert-OH is 1. The Bertz CT molecular complexity index is 158. The second-order valence-corrected chi connectivity index (χ2v) is 4.47. The van der Waals surface area contributed by atoms with Crippen LogP contribution in [0, 0.1) is 22.9 Å². The van der Waals surface area contributed by atoms with Crippen LogP contribution in [0.2, 0.25) is 0 Å². The summed E-state index contributed by atoms with van der Waals surface area (Å²) in [7, 11) is 0. The lowest BCUT2D eigenvalue weighted by Gasteiger charge is -2.33. The first kappa shape index (κ1) is 11.3. The fourth-order valence-corrected chi connectivity index (χ4v) is 2.08. The molecule has 0 aromatic rings. The Labute approximate surface area is 75.2 Å². The molecule has 1 atom stereocenters.